The molecule has 2 atom stereocenters. The van der Waals surface area contributed by atoms with Gasteiger partial charge in [0.05, 0.1) is 17.5 Å². The Morgan fingerprint density at radius 1 is 1.30 bits per heavy atom. The first-order chi connectivity index (χ1) is 11.0. The van der Waals surface area contributed by atoms with Gasteiger partial charge in [-0.25, -0.2) is 4.98 Å². The van der Waals surface area contributed by atoms with Crippen molar-refractivity contribution in [3.8, 4) is 11.5 Å². The average Bonchev–Trinajstić information content (AvgIpc) is 3.21. The summed E-state index contributed by atoms with van der Waals surface area (Å²) in [6, 6.07) is 7.89. The maximum atomic E-state index is 11.8. The molecule has 1 aromatic carbocycles. The Morgan fingerprint density at radius 3 is 2.70 bits per heavy atom. The molecule has 1 saturated carbocycles. The molecule has 1 aliphatic carbocycles. The van der Waals surface area contributed by atoms with Crippen molar-refractivity contribution < 1.29 is 19.1 Å². The fourth-order valence-corrected chi connectivity index (χ4v) is 2.45. The number of carboxylic acid groups (broad SMARTS) is 1. The second kappa shape index (κ2) is 6.24. The van der Waals surface area contributed by atoms with Crippen molar-refractivity contribution in [3.05, 3.63) is 41.8 Å². The average molecular weight is 314 g/mol. The summed E-state index contributed by atoms with van der Waals surface area (Å²) in [5.41, 5.74) is 2.84. The molecule has 0 unspecified atom stereocenters. The quantitative estimate of drug-likeness (QED) is 0.851. The fourth-order valence-electron chi connectivity index (χ4n) is 2.45. The summed E-state index contributed by atoms with van der Waals surface area (Å²) in [5, 5.41) is 11.6. The molecule has 3 rings (SSSR count). The van der Waals surface area contributed by atoms with Crippen LogP contribution >= 0.6 is 0 Å². The van der Waals surface area contributed by atoms with E-state index in [9.17, 15) is 9.59 Å². The minimum atomic E-state index is -0.899. The number of aliphatic carboxylic acids is 1. The number of nitrogens with zero attached hydrogens (tertiary/aromatic N) is 1. The predicted octanol–water partition coefficient (Wildman–Crippen LogP) is 2.03. The molecule has 0 spiro atoms. The van der Waals surface area contributed by atoms with Crippen LogP contribution < -0.4 is 5.32 Å². The highest BCUT2D eigenvalue weighted by atomic mass is 16.4. The van der Waals surface area contributed by atoms with Crippen molar-refractivity contribution in [2.24, 2.45) is 11.8 Å². The van der Waals surface area contributed by atoms with E-state index >= 15 is 0 Å². The number of hydrogen-bond acceptors (Lipinski definition) is 4. The van der Waals surface area contributed by atoms with Crippen LogP contribution in [0.25, 0.3) is 11.5 Å². The van der Waals surface area contributed by atoms with Crippen LogP contribution in [0.1, 0.15) is 17.7 Å². The lowest BCUT2D eigenvalue weighted by atomic mass is 10.1. The summed E-state index contributed by atoms with van der Waals surface area (Å²) in [6.45, 7) is 2.43. The van der Waals surface area contributed by atoms with E-state index in [4.69, 9.17) is 9.52 Å². The number of benzene rings is 1. The number of aromatic nitrogens is 1. The van der Waals surface area contributed by atoms with Gasteiger partial charge in [0, 0.05) is 18.5 Å². The molecular weight excluding hydrogens is 296 g/mol. The summed E-state index contributed by atoms with van der Waals surface area (Å²) in [4.78, 5) is 26.9. The van der Waals surface area contributed by atoms with E-state index in [1.54, 1.807) is 6.26 Å². The standard InChI is InChI=1S/C17H18N2O4/c1-10-2-4-11(5-3-10)16-19-12(9-23-16)6-7-18-15(20)13-8-14(13)17(21)22/h2-5,9,13-14H,6-8H2,1H3,(H,18,20)(H,21,22)/t13-,14-/m0/s1. The van der Waals surface area contributed by atoms with Gasteiger partial charge in [-0.2, -0.15) is 0 Å². The molecule has 2 aromatic rings. The molecule has 0 bridgehead atoms. The van der Waals surface area contributed by atoms with Gasteiger partial charge < -0.3 is 14.8 Å². The minimum Gasteiger partial charge on any atom is -0.481 e. The predicted molar refractivity (Wildman–Crippen MR) is 82.6 cm³/mol. The number of amides is 1. The molecule has 0 saturated heterocycles. The molecule has 1 amide bonds. The normalized spacial score (nSPS) is 19.3. The number of aryl methyl sites for hydroxylation is 1. The van der Waals surface area contributed by atoms with Gasteiger partial charge in [0.1, 0.15) is 6.26 Å². The third kappa shape index (κ3) is 3.59. The summed E-state index contributed by atoms with van der Waals surface area (Å²) >= 11 is 0. The molecule has 0 radical (unpaired) electrons. The number of carbonyl (C=O) groups excluding carboxylic acids is 1. The van der Waals surface area contributed by atoms with Gasteiger partial charge in [-0.1, -0.05) is 17.7 Å². The molecule has 1 aromatic heterocycles. The lowest BCUT2D eigenvalue weighted by molar-refractivity contribution is -0.140. The van der Waals surface area contributed by atoms with E-state index in [1.807, 2.05) is 31.2 Å². The van der Waals surface area contributed by atoms with Crippen molar-refractivity contribution in [1.82, 2.24) is 10.3 Å². The Bertz CT molecular complexity index is 720. The molecule has 23 heavy (non-hydrogen) atoms. The van der Waals surface area contributed by atoms with Crippen molar-refractivity contribution in [2.45, 2.75) is 19.8 Å². The Kier molecular flexibility index (Phi) is 4.14. The zero-order valence-electron chi connectivity index (χ0n) is 12.8. The number of carboxylic acids is 1. The first-order valence-corrected chi connectivity index (χ1v) is 7.56. The highest BCUT2D eigenvalue weighted by molar-refractivity contribution is 5.89. The molecular formula is C17H18N2O4. The zero-order chi connectivity index (χ0) is 16.4. The number of rotatable bonds is 6. The molecule has 0 aliphatic heterocycles. The molecule has 1 fully saturated rings. The Morgan fingerprint density at radius 2 is 2.04 bits per heavy atom. The molecule has 2 N–H and O–H groups in total. The van der Waals surface area contributed by atoms with E-state index in [1.165, 1.54) is 5.56 Å². The fraction of sp³-hybridized carbons (Fsp3) is 0.353. The van der Waals surface area contributed by atoms with E-state index in [-0.39, 0.29) is 11.8 Å². The lowest BCUT2D eigenvalue weighted by Crippen LogP contribution is -2.28. The first-order valence-electron chi connectivity index (χ1n) is 7.56. The van der Waals surface area contributed by atoms with Crippen LogP contribution in [0.3, 0.4) is 0 Å². The maximum absolute atomic E-state index is 11.8. The van der Waals surface area contributed by atoms with Crippen molar-refractivity contribution in [3.63, 3.8) is 0 Å². The van der Waals surface area contributed by atoms with Gasteiger partial charge in [-0.05, 0) is 25.5 Å². The second-order valence-electron chi connectivity index (χ2n) is 5.84. The zero-order valence-corrected chi connectivity index (χ0v) is 12.8. The lowest BCUT2D eigenvalue weighted by Gasteiger charge is -2.02. The molecule has 1 aliphatic rings. The highest BCUT2D eigenvalue weighted by Crippen LogP contribution is 2.38. The maximum Gasteiger partial charge on any atom is 0.307 e. The third-order valence-electron chi connectivity index (χ3n) is 3.98. The smallest absolute Gasteiger partial charge is 0.307 e. The SMILES string of the molecule is Cc1ccc(-c2nc(CCNC(=O)[C@H]3C[C@@H]3C(=O)O)co2)cc1. The monoisotopic (exact) mass is 314 g/mol. The van der Waals surface area contributed by atoms with Crippen LogP contribution in [-0.2, 0) is 16.0 Å². The molecule has 120 valence electrons. The third-order valence-corrected chi connectivity index (χ3v) is 3.98. The number of oxazole rings is 1. The molecule has 1 heterocycles. The number of carbonyl (C=O) groups is 2. The van der Waals surface area contributed by atoms with Crippen LogP contribution in [0.15, 0.2) is 34.9 Å². The number of hydrogen-bond donors (Lipinski definition) is 2. The summed E-state index contributed by atoms with van der Waals surface area (Å²) in [6.07, 6.45) is 2.56. The van der Waals surface area contributed by atoms with Gasteiger partial charge in [0.25, 0.3) is 0 Å². The van der Waals surface area contributed by atoms with Crippen molar-refractivity contribution in [1.29, 1.82) is 0 Å². The van der Waals surface area contributed by atoms with E-state index < -0.39 is 11.9 Å². The van der Waals surface area contributed by atoms with Crippen molar-refractivity contribution >= 4 is 11.9 Å². The van der Waals surface area contributed by atoms with Gasteiger partial charge in [-0.3, -0.25) is 9.59 Å². The number of nitrogens with one attached hydrogen (secondary N) is 1. The summed E-state index contributed by atoms with van der Waals surface area (Å²) < 4.78 is 5.45. The van der Waals surface area contributed by atoms with E-state index in [2.05, 4.69) is 10.3 Å². The Labute approximate surface area is 133 Å². The minimum absolute atomic E-state index is 0.195. The largest absolute Gasteiger partial charge is 0.481 e. The van der Waals surface area contributed by atoms with E-state index in [0.717, 1.165) is 11.3 Å². The highest BCUT2D eigenvalue weighted by Gasteiger charge is 2.48. The second-order valence-corrected chi connectivity index (χ2v) is 5.84. The van der Waals surface area contributed by atoms with Crippen LogP contribution in [0.5, 0.6) is 0 Å². The molecule has 6 nitrogen and oxygen atoms in total. The van der Waals surface area contributed by atoms with E-state index in [0.29, 0.717) is 25.3 Å². The first kappa shape index (κ1) is 15.3. The topological polar surface area (TPSA) is 92.4 Å². The van der Waals surface area contributed by atoms with Crippen LogP contribution in [0, 0.1) is 18.8 Å². The molecule has 6 heteroatoms. The van der Waals surface area contributed by atoms with Gasteiger partial charge in [-0.15, -0.1) is 0 Å². The summed E-state index contributed by atoms with van der Waals surface area (Å²) in [7, 11) is 0. The van der Waals surface area contributed by atoms with Crippen LogP contribution in [0.4, 0.5) is 0 Å². The van der Waals surface area contributed by atoms with Crippen LogP contribution in [-0.4, -0.2) is 28.5 Å². The Hall–Kier alpha value is -2.63. The van der Waals surface area contributed by atoms with Gasteiger partial charge >= 0.3 is 5.97 Å². The van der Waals surface area contributed by atoms with Gasteiger partial charge in [0.15, 0.2) is 0 Å². The Balaban J connectivity index is 1.49. The summed E-state index contributed by atoms with van der Waals surface area (Å²) in [5.74, 6) is -1.44. The van der Waals surface area contributed by atoms with Gasteiger partial charge in [0.2, 0.25) is 11.8 Å². The van der Waals surface area contributed by atoms with Crippen LogP contribution in [0.2, 0.25) is 0 Å². The van der Waals surface area contributed by atoms with Crippen molar-refractivity contribution in [2.75, 3.05) is 6.54 Å².